The Bertz CT molecular complexity index is 993. The molecule has 0 fully saturated rings. The van der Waals surface area contributed by atoms with Crippen molar-refractivity contribution >= 4 is 5.91 Å². The number of carbonyl (C=O) groups excluding carboxylic acids is 1. The number of carbonyl (C=O) groups is 1. The van der Waals surface area contributed by atoms with E-state index >= 15 is 0 Å². The molecule has 0 aromatic heterocycles. The molecule has 0 aliphatic carbocycles. The van der Waals surface area contributed by atoms with E-state index in [4.69, 9.17) is 4.74 Å². The molecule has 1 amide bonds. The van der Waals surface area contributed by atoms with Crippen LogP contribution in [0.2, 0.25) is 0 Å². The minimum absolute atomic E-state index is 0.0233. The predicted molar refractivity (Wildman–Crippen MR) is 114 cm³/mol. The number of rotatable bonds is 8. The molecule has 0 saturated carbocycles. The van der Waals surface area contributed by atoms with Gasteiger partial charge in [-0.15, -0.1) is 0 Å². The first kappa shape index (κ1) is 20.3. The van der Waals surface area contributed by atoms with Gasteiger partial charge in [-0.3, -0.25) is 4.79 Å². The van der Waals surface area contributed by atoms with Crippen LogP contribution in [0.5, 0.6) is 0 Å². The molecule has 0 aliphatic rings. The highest BCUT2D eigenvalue weighted by Crippen LogP contribution is 2.26. The molecular weight excluding hydrogens is 360 g/mol. The Morgan fingerprint density at radius 1 is 0.966 bits per heavy atom. The highest BCUT2D eigenvalue weighted by atomic mass is 16.5. The van der Waals surface area contributed by atoms with Gasteiger partial charge in [0.05, 0.1) is 17.7 Å². The van der Waals surface area contributed by atoms with Crippen molar-refractivity contribution in [3.63, 3.8) is 0 Å². The number of amides is 1. The van der Waals surface area contributed by atoms with E-state index in [9.17, 15) is 10.1 Å². The summed E-state index contributed by atoms with van der Waals surface area (Å²) in [5.74, 6) is -0.149. The van der Waals surface area contributed by atoms with Crippen molar-refractivity contribution in [3.8, 4) is 17.2 Å². The number of nitrogens with one attached hydrogen (secondary N) is 1. The van der Waals surface area contributed by atoms with Gasteiger partial charge in [0.2, 0.25) is 0 Å². The first-order valence-electron chi connectivity index (χ1n) is 9.74. The van der Waals surface area contributed by atoms with Crippen molar-refractivity contribution in [1.82, 2.24) is 5.32 Å². The Morgan fingerprint density at radius 3 is 2.38 bits per heavy atom. The average Bonchev–Trinajstić information content (AvgIpc) is 2.79. The zero-order valence-electron chi connectivity index (χ0n) is 16.5. The average molecular weight is 384 g/mol. The van der Waals surface area contributed by atoms with Crippen LogP contribution in [0, 0.1) is 11.3 Å². The van der Waals surface area contributed by atoms with Crippen molar-refractivity contribution in [2.75, 3.05) is 13.2 Å². The van der Waals surface area contributed by atoms with E-state index < -0.39 is 0 Å². The Balaban J connectivity index is 1.56. The van der Waals surface area contributed by atoms with Crippen LogP contribution in [-0.2, 0) is 4.74 Å². The van der Waals surface area contributed by atoms with E-state index in [1.165, 1.54) is 0 Å². The summed E-state index contributed by atoms with van der Waals surface area (Å²) in [5, 5.41) is 12.3. The number of ether oxygens (including phenoxy) is 1. The van der Waals surface area contributed by atoms with Crippen LogP contribution >= 0.6 is 0 Å². The monoisotopic (exact) mass is 384 g/mol. The molecule has 0 heterocycles. The molecular formula is C25H24N2O2. The Hall–Kier alpha value is -3.42. The zero-order chi connectivity index (χ0) is 20.5. The van der Waals surface area contributed by atoms with Crippen molar-refractivity contribution in [2.24, 2.45) is 0 Å². The Labute approximate surface area is 171 Å². The molecule has 146 valence electrons. The third-order valence-corrected chi connectivity index (χ3v) is 4.75. The minimum Gasteiger partial charge on any atom is -0.374 e. The number of hydrogen-bond acceptors (Lipinski definition) is 3. The van der Waals surface area contributed by atoms with Gasteiger partial charge in [-0.1, -0.05) is 66.7 Å². The van der Waals surface area contributed by atoms with Crippen LogP contribution in [0.3, 0.4) is 0 Å². The van der Waals surface area contributed by atoms with Crippen molar-refractivity contribution in [2.45, 2.75) is 19.4 Å². The summed E-state index contributed by atoms with van der Waals surface area (Å²) in [7, 11) is 0. The highest BCUT2D eigenvalue weighted by molar-refractivity contribution is 6.01. The molecule has 0 radical (unpaired) electrons. The molecule has 3 rings (SSSR count). The van der Waals surface area contributed by atoms with Crippen molar-refractivity contribution in [3.05, 3.63) is 95.6 Å². The molecule has 0 saturated heterocycles. The Morgan fingerprint density at radius 2 is 1.62 bits per heavy atom. The number of hydrogen-bond donors (Lipinski definition) is 1. The lowest BCUT2D eigenvalue weighted by Crippen LogP contribution is -2.26. The fourth-order valence-electron chi connectivity index (χ4n) is 3.18. The summed E-state index contributed by atoms with van der Waals surface area (Å²) in [6.45, 7) is 3.11. The second kappa shape index (κ2) is 10.2. The van der Waals surface area contributed by atoms with E-state index in [0.717, 1.165) is 23.1 Å². The first-order chi connectivity index (χ1) is 14.2. The van der Waals surface area contributed by atoms with Gasteiger partial charge in [-0.2, -0.15) is 5.26 Å². The molecule has 4 heteroatoms. The van der Waals surface area contributed by atoms with Crippen molar-refractivity contribution < 1.29 is 9.53 Å². The zero-order valence-corrected chi connectivity index (χ0v) is 16.5. The number of nitriles is 1. The maximum atomic E-state index is 12.7. The maximum absolute atomic E-state index is 12.7. The third-order valence-electron chi connectivity index (χ3n) is 4.75. The molecule has 29 heavy (non-hydrogen) atoms. The fraction of sp³-hybridized carbons (Fsp3) is 0.200. The van der Waals surface area contributed by atoms with Gasteiger partial charge in [0.1, 0.15) is 0 Å². The SMILES string of the molecule is CC(OCCCNC(=O)c1ccccc1-c1ccccc1C#N)c1ccccc1. The highest BCUT2D eigenvalue weighted by Gasteiger charge is 2.14. The molecule has 0 aliphatic heterocycles. The van der Waals surface area contributed by atoms with Crippen LogP contribution in [0.25, 0.3) is 11.1 Å². The van der Waals surface area contributed by atoms with Crippen LogP contribution in [0.4, 0.5) is 0 Å². The van der Waals surface area contributed by atoms with Gasteiger partial charge >= 0.3 is 0 Å². The van der Waals surface area contributed by atoms with E-state index in [2.05, 4.69) is 11.4 Å². The summed E-state index contributed by atoms with van der Waals surface area (Å²) in [6, 6.07) is 26.9. The van der Waals surface area contributed by atoms with Gasteiger partial charge in [0.25, 0.3) is 5.91 Å². The molecule has 3 aromatic rings. The minimum atomic E-state index is -0.149. The van der Waals surface area contributed by atoms with Gasteiger partial charge in [-0.25, -0.2) is 0 Å². The second-order valence-corrected chi connectivity index (χ2v) is 6.74. The molecule has 1 unspecified atom stereocenters. The third kappa shape index (κ3) is 5.31. The Kier molecular flexibility index (Phi) is 7.16. The summed E-state index contributed by atoms with van der Waals surface area (Å²) in [5.41, 5.74) is 3.78. The molecule has 0 spiro atoms. The number of nitrogens with zero attached hydrogens (tertiary/aromatic N) is 1. The van der Waals surface area contributed by atoms with Crippen LogP contribution in [0.15, 0.2) is 78.9 Å². The summed E-state index contributed by atoms with van der Waals surface area (Å²) in [4.78, 5) is 12.7. The fourth-order valence-corrected chi connectivity index (χ4v) is 3.18. The van der Waals surface area contributed by atoms with Crippen molar-refractivity contribution in [1.29, 1.82) is 5.26 Å². The lowest BCUT2D eigenvalue weighted by Gasteiger charge is -2.14. The molecule has 0 bridgehead atoms. The topological polar surface area (TPSA) is 62.1 Å². The van der Waals surface area contributed by atoms with Gasteiger partial charge < -0.3 is 10.1 Å². The normalized spacial score (nSPS) is 11.4. The van der Waals surface area contributed by atoms with E-state index in [-0.39, 0.29) is 12.0 Å². The quantitative estimate of drug-likeness (QED) is 0.548. The molecule has 4 nitrogen and oxygen atoms in total. The molecule has 1 atom stereocenters. The predicted octanol–water partition coefficient (Wildman–Crippen LogP) is 5.12. The van der Waals surface area contributed by atoms with Crippen LogP contribution in [-0.4, -0.2) is 19.1 Å². The van der Waals surface area contributed by atoms with Gasteiger partial charge in [-0.05, 0) is 36.6 Å². The second-order valence-electron chi connectivity index (χ2n) is 6.74. The number of benzene rings is 3. The van der Waals surface area contributed by atoms with E-state index in [1.54, 1.807) is 12.1 Å². The lowest BCUT2D eigenvalue weighted by molar-refractivity contribution is 0.0635. The van der Waals surface area contributed by atoms with Crippen LogP contribution in [0.1, 0.15) is 40.9 Å². The molecule has 3 aromatic carbocycles. The van der Waals surface area contributed by atoms with Gasteiger partial charge in [0.15, 0.2) is 0 Å². The smallest absolute Gasteiger partial charge is 0.251 e. The van der Waals surface area contributed by atoms with Gasteiger partial charge in [0, 0.05) is 24.3 Å². The summed E-state index contributed by atoms with van der Waals surface area (Å²) < 4.78 is 5.85. The summed E-state index contributed by atoms with van der Waals surface area (Å²) in [6.07, 6.45) is 0.745. The molecule has 1 N–H and O–H groups in total. The largest absolute Gasteiger partial charge is 0.374 e. The van der Waals surface area contributed by atoms with E-state index in [0.29, 0.717) is 24.3 Å². The summed E-state index contributed by atoms with van der Waals surface area (Å²) >= 11 is 0. The standard InChI is InChI=1S/C25H24N2O2/c1-19(20-10-3-2-4-11-20)29-17-9-16-27-25(28)24-15-8-7-14-23(24)22-13-6-5-12-21(22)18-26/h2-8,10-15,19H,9,16-17H2,1H3,(H,27,28). The maximum Gasteiger partial charge on any atom is 0.251 e. The van der Waals surface area contributed by atoms with Crippen LogP contribution < -0.4 is 5.32 Å². The lowest BCUT2D eigenvalue weighted by atomic mass is 9.95. The van der Waals surface area contributed by atoms with E-state index in [1.807, 2.05) is 73.7 Å². The first-order valence-corrected chi connectivity index (χ1v) is 9.74.